The molecular weight excluding hydrogens is 272 g/mol. The second-order valence-corrected chi connectivity index (χ2v) is 4.34. The fourth-order valence-corrected chi connectivity index (χ4v) is 1.85. The number of aryl methyl sites for hydroxylation is 1. The molecule has 0 bridgehead atoms. The van der Waals surface area contributed by atoms with Crippen molar-refractivity contribution in [3.8, 4) is 0 Å². The van der Waals surface area contributed by atoms with Gasteiger partial charge in [-0.2, -0.15) is 4.98 Å². The van der Waals surface area contributed by atoms with E-state index in [0.717, 1.165) is 19.0 Å². The lowest BCUT2D eigenvalue weighted by molar-refractivity contribution is -0.384. The van der Waals surface area contributed by atoms with Crippen LogP contribution in [0.15, 0.2) is 36.5 Å². The number of nitrogens with zero attached hydrogens (tertiary/aromatic N) is 3. The Kier molecular flexibility index (Phi) is 4.99. The SMILES string of the molecule is NNc1ncc([N+](=O)[O-])c(NCCCc2ccccc2)n1. The molecule has 2 rings (SSSR count). The third-order valence-corrected chi connectivity index (χ3v) is 2.87. The lowest BCUT2D eigenvalue weighted by atomic mass is 10.1. The van der Waals surface area contributed by atoms with Gasteiger partial charge in [-0.25, -0.2) is 10.8 Å². The number of rotatable bonds is 7. The molecule has 0 radical (unpaired) electrons. The molecule has 21 heavy (non-hydrogen) atoms. The minimum Gasteiger partial charge on any atom is -0.364 e. The number of aromatic nitrogens is 2. The lowest BCUT2D eigenvalue weighted by Crippen LogP contribution is -2.13. The maximum Gasteiger partial charge on any atom is 0.329 e. The molecule has 8 heteroatoms. The van der Waals surface area contributed by atoms with E-state index in [1.54, 1.807) is 0 Å². The van der Waals surface area contributed by atoms with E-state index >= 15 is 0 Å². The largest absolute Gasteiger partial charge is 0.364 e. The maximum absolute atomic E-state index is 10.9. The molecule has 0 unspecified atom stereocenters. The summed E-state index contributed by atoms with van der Waals surface area (Å²) in [4.78, 5) is 18.1. The molecule has 0 aliphatic heterocycles. The predicted molar refractivity (Wildman–Crippen MR) is 79.7 cm³/mol. The Morgan fingerprint density at radius 1 is 1.29 bits per heavy atom. The van der Waals surface area contributed by atoms with Crippen molar-refractivity contribution in [1.29, 1.82) is 0 Å². The molecule has 1 heterocycles. The van der Waals surface area contributed by atoms with Crippen molar-refractivity contribution in [1.82, 2.24) is 9.97 Å². The standard InChI is InChI=1S/C13H16N6O2/c14-18-13-16-9-11(19(20)21)12(17-13)15-8-4-7-10-5-2-1-3-6-10/h1-3,5-6,9H,4,7-8,14H2,(H2,15,16,17,18). The molecule has 1 aromatic heterocycles. The normalized spacial score (nSPS) is 10.1. The summed E-state index contributed by atoms with van der Waals surface area (Å²) in [6, 6.07) is 10.0. The Bertz CT molecular complexity index is 605. The van der Waals surface area contributed by atoms with Crippen LogP contribution < -0.4 is 16.6 Å². The highest BCUT2D eigenvalue weighted by Gasteiger charge is 2.16. The van der Waals surface area contributed by atoms with Crippen LogP contribution >= 0.6 is 0 Å². The zero-order valence-corrected chi connectivity index (χ0v) is 11.3. The van der Waals surface area contributed by atoms with Gasteiger partial charge in [-0.05, 0) is 18.4 Å². The summed E-state index contributed by atoms with van der Waals surface area (Å²) in [6.45, 7) is 0.566. The quantitative estimate of drug-likeness (QED) is 0.307. The van der Waals surface area contributed by atoms with Gasteiger partial charge >= 0.3 is 5.69 Å². The number of hydrogen-bond donors (Lipinski definition) is 3. The van der Waals surface area contributed by atoms with Gasteiger partial charge in [-0.15, -0.1) is 0 Å². The number of hydrazine groups is 1. The molecular formula is C13H16N6O2. The highest BCUT2D eigenvalue weighted by atomic mass is 16.6. The van der Waals surface area contributed by atoms with E-state index in [4.69, 9.17) is 5.84 Å². The van der Waals surface area contributed by atoms with Crippen molar-refractivity contribution in [2.45, 2.75) is 12.8 Å². The molecule has 110 valence electrons. The Hall–Kier alpha value is -2.74. The van der Waals surface area contributed by atoms with Gasteiger partial charge in [-0.1, -0.05) is 30.3 Å². The average molecular weight is 288 g/mol. The first-order valence-electron chi connectivity index (χ1n) is 6.46. The van der Waals surface area contributed by atoms with Gasteiger partial charge in [0.05, 0.1) is 4.92 Å². The Balaban J connectivity index is 1.94. The van der Waals surface area contributed by atoms with Crippen LogP contribution in [0.3, 0.4) is 0 Å². The van der Waals surface area contributed by atoms with Gasteiger partial charge in [-0.3, -0.25) is 15.5 Å². The molecule has 0 spiro atoms. The van der Waals surface area contributed by atoms with Gasteiger partial charge in [0.15, 0.2) is 0 Å². The third kappa shape index (κ3) is 4.11. The monoisotopic (exact) mass is 288 g/mol. The first-order chi connectivity index (χ1) is 10.2. The van der Waals surface area contributed by atoms with Crippen LogP contribution in [0.25, 0.3) is 0 Å². The molecule has 0 aliphatic carbocycles. The summed E-state index contributed by atoms with van der Waals surface area (Å²) in [5.41, 5.74) is 3.32. The van der Waals surface area contributed by atoms with E-state index < -0.39 is 4.92 Å². The van der Waals surface area contributed by atoms with E-state index in [1.807, 2.05) is 30.3 Å². The van der Waals surface area contributed by atoms with Crippen LogP contribution in [-0.2, 0) is 6.42 Å². The molecule has 0 aliphatic rings. The number of nitro groups is 1. The first-order valence-corrected chi connectivity index (χ1v) is 6.46. The zero-order chi connectivity index (χ0) is 15.1. The topological polar surface area (TPSA) is 119 Å². The van der Waals surface area contributed by atoms with Crippen molar-refractivity contribution >= 4 is 17.5 Å². The molecule has 2 aromatic rings. The fraction of sp³-hybridized carbons (Fsp3) is 0.231. The molecule has 0 saturated carbocycles. The Labute approximate surface area is 121 Å². The zero-order valence-electron chi connectivity index (χ0n) is 11.3. The van der Waals surface area contributed by atoms with Crippen molar-refractivity contribution in [3.63, 3.8) is 0 Å². The van der Waals surface area contributed by atoms with Crippen molar-refractivity contribution in [3.05, 3.63) is 52.2 Å². The fourth-order valence-electron chi connectivity index (χ4n) is 1.85. The van der Waals surface area contributed by atoms with Crippen molar-refractivity contribution in [2.75, 3.05) is 17.3 Å². The van der Waals surface area contributed by atoms with Crippen LogP contribution in [0.2, 0.25) is 0 Å². The summed E-state index contributed by atoms with van der Waals surface area (Å²) in [7, 11) is 0. The molecule has 0 atom stereocenters. The molecule has 0 amide bonds. The highest BCUT2D eigenvalue weighted by molar-refractivity contribution is 5.56. The smallest absolute Gasteiger partial charge is 0.329 e. The Morgan fingerprint density at radius 2 is 2.05 bits per heavy atom. The number of anilines is 2. The summed E-state index contributed by atoms with van der Waals surface area (Å²) in [5, 5.41) is 13.9. The van der Waals surface area contributed by atoms with E-state index in [1.165, 1.54) is 5.56 Å². The van der Waals surface area contributed by atoms with Gasteiger partial charge < -0.3 is 5.32 Å². The molecule has 4 N–H and O–H groups in total. The van der Waals surface area contributed by atoms with E-state index in [9.17, 15) is 10.1 Å². The first kappa shape index (κ1) is 14.7. The van der Waals surface area contributed by atoms with Crippen LogP contribution in [-0.4, -0.2) is 21.4 Å². The number of hydrogen-bond acceptors (Lipinski definition) is 7. The van der Waals surface area contributed by atoms with E-state index in [-0.39, 0.29) is 17.5 Å². The van der Waals surface area contributed by atoms with Gasteiger partial charge in [0.2, 0.25) is 11.8 Å². The minimum absolute atomic E-state index is 0.131. The van der Waals surface area contributed by atoms with E-state index in [0.29, 0.717) is 6.54 Å². The number of benzene rings is 1. The highest BCUT2D eigenvalue weighted by Crippen LogP contribution is 2.21. The lowest BCUT2D eigenvalue weighted by Gasteiger charge is -2.07. The van der Waals surface area contributed by atoms with Crippen molar-refractivity contribution in [2.24, 2.45) is 5.84 Å². The number of nitrogens with one attached hydrogen (secondary N) is 2. The Morgan fingerprint density at radius 3 is 2.71 bits per heavy atom. The summed E-state index contributed by atoms with van der Waals surface area (Å²) in [6.07, 6.45) is 2.84. The average Bonchev–Trinajstić information content (AvgIpc) is 2.52. The number of nitrogen functional groups attached to an aromatic ring is 1. The van der Waals surface area contributed by atoms with Crippen LogP contribution in [0.5, 0.6) is 0 Å². The van der Waals surface area contributed by atoms with Gasteiger partial charge in [0, 0.05) is 6.54 Å². The minimum atomic E-state index is -0.528. The summed E-state index contributed by atoms with van der Waals surface area (Å²) in [5.74, 6) is 5.50. The van der Waals surface area contributed by atoms with E-state index in [2.05, 4.69) is 20.7 Å². The summed E-state index contributed by atoms with van der Waals surface area (Å²) >= 11 is 0. The molecule has 8 nitrogen and oxygen atoms in total. The molecule has 0 saturated heterocycles. The van der Waals surface area contributed by atoms with Crippen LogP contribution in [0.4, 0.5) is 17.5 Å². The molecule has 1 aromatic carbocycles. The van der Waals surface area contributed by atoms with Gasteiger partial charge in [0.25, 0.3) is 0 Å². The van der Waals surface area contributed by atoms with Crippen LogP contribution in [0, 0.1) is 10.1 Å². The number of nitrogens with two attached hydrogens (primary N) is 1. The second kappa shape index (κ2) is 7.15. The summed E-state index contributed by atoms with van der Waals surface area (Å²) < 4.78 is 0. The third-order valence-electron chi connectivity index (χ3n) is 2.87. The van der Waals surface area contributed by atoms with Crippen molar-refractivity contribution < 1.29 is 4.92 Å². The predicted octanol–water partition coefficient (Wildman–Crippen LogP) is 1.72. The van der Waals surface area contributed by atoms with Gasteiger partial charge in [0.1, 0.15) is 6.20 Å². The second-order valence-electron chi connectivity index (χ2n) is 4.34. The molecule has 0 fully saturated rings. The van der Waals surface area contributed by atoms with Crippen LogP contribution in [0.1, 0.15) is 12.0 Å². The maximum atomic E-state index is 10.9.